The molecule has 0 aromatic carbocycles. The summed E-state index contributed by atoms with van der Waals surface area (Å²) in [6, 6.07) is 2.35. The van der Waals surface area contributed by atoms with Gasteiger partial charge in [0.05, 0.1) is 11.6 Å². The summed E-state index contributed by atoms with van der Waals surface area (Å²) in [4.78, 5) is 14.3. The molecule has 0 amide bonds. The number of aromatic nitrogens is 1. The Hall–Kier alpha value is -1.74. The fraction of sp³-hybridized carbons (Fsp3) is 0.222. The predicted octanol–water partition coefficient (Wildman–Crippen LogP) is 2.33. The zero-order chi connectivity index (χ0) is 12.3. The van der Waals surface area contributed by atoms with Gasteiger partial charge in [-0.15, -0.1) is 11.6 Å². The number of hydrogen-bond donors (Lipinski definition) is 1. The summed E-state index contributed by atoms with van der Waals surface area (Å²) in [5, 5.41) is 17.4. The molecule has 4 nitrogen and oxygen atoms in total. The van der Waals surface area contributed by atoms with Gasteiger partial charge in [-0.2, -0.15) is 5.26 Å². The van der Waals surface area contributed by atoms with Crippen molar-refractivity contribution in [2.45, 2.75) is 12.3 Å². The molecule has 1 aromatic heterocycles. The van der Waals surface area contributed by atoms with Gasteiger partial charge in [0, 0.05) is 5.56 Å². The van der Waals surface area contributed by atoms with E-state index in [1.807, 2.05) is 0 Å². The number of carboxylic acid groups (broad SMARTS) is 1. The number of nitriles is 1. The number of carbonyl (C=O) groups is 1. The van der Waals surface area contributed by atoms with Crippen molar-refractivity contribution in [2.24, 2.45) is 0 Å². The molecule has 0 aliphatic rings. The first kappa shape index (κ1) is 12.3. The molecule has 7 heteroatoms. The minimum Gasteiger partial charge on any atom is -0.478 e. The highest BCUT2D eigenvalue weighted by Crippen LogP contribution is 2.26. The molecule has 0 fully saturated rings. The average molecular weight is 247 g/mol. The van der Waals surface area contributed by atoms with Crippen LogP contribution in [0.4, 0.5) is 8.78 Å². The van der Waals surface area contributed by atoms with Crippen LogP contribution in [0, 0.1) is 11.3 Å². The predicted molar refractivity (Wildman–Crippen MR) is 50.4 cm³/mol. The van der Waals surface area contributed by atoms with E-state index in [4.69, 9.17) is 22.0 Å². The first-order valence-corrected chi connectivity index (χ1v) is 4.56. The van der Waals surface area contributed by atoms with Crippen molar-refractivity contribution >= 4 is 17.6 Å². The largest absolute Gasteiger partial charge is 0.478 e. The van der Waals surface area contributed by atoms with Crippen LogP contribution in [0.25, 0.3) is 0 Å². The summed E-state index contributed by atoms with van der Waals surface area (Å²) in [5.41, 5.74) is -2.03. The van der Waals surface area contributed by atoms with E-state index < -0.39 is 29.2 Å². The lowest BCUT2D eigenvalue weighted by Crippen LogP contribution is -2.09. The molecule has 16 heavy (non-hydrogen) atoms. The third-order valence-electron chi connectivity index (χ3n) is 1.79. The van der Waals surface area contributed by atoms with Gasteiger partial charge in [-0.05, 0) is 6.07 Å². The normalized spacial score (nSPS) is 10.2. The van der Waals surface area contributed by atoms with Gasteiger partial charge in [0.15, 0.2) is 5.69 Å². The highest BCUT2D eigenvalue weighted by atomic mass is 35.5. The lowest BCUT2D eigenvalue weighted by atomic mass is 10.1. The molecule has 0 aliphatic carbocycles. The van der Waals surface area contributed by atoms with E-state index in [9.17, 15) is 13.6 Å². The van der Waals surface area contributed by atoms with E-state index in [-0.39, 0.29) is 11.6 Å². The van der Waals surface area contributed by atoms with Crippen molar-refractivity contribution < 1.29 is 18.7 Å². The minimum absolute atomic E-state index is 0.0403. The third-order valence-corrected chi connectivity index (χ3v) is 2.07. The maximum absolute atomic E-state index is 12.6. The molecule has 0 unspecified atom stereocenters. The number of nitrogens with zero attached hydrogens (tertiary/aromatic N) is 2. The number of pyridine rings is 1. The second kappa shape index (κ2) is 4.86. The first-order chi connectivity index (χ1) is 7.51. The molecule has 0 atom stereocenters. The Bertz CT molecular complexity index is 471. The maximum Gasteiger partial charge on any atom is 0.339 e. The van der Waals surface area contributed by atoms with E-state index in [1.165, 1.54) is 6.07 Å². The fourth-order valence-corrected chi connectivity index (χ4v) is 1.30. The second-order valence-electron chi connectivity index (χ2n) is 2.78. The third kappa shape index (κ3) is 2.25. The number of alkyl halides is 3. The molecule has 0 spiro atoms. The summed E-state index contributed by atoms with van der Waals surface area (Å²) < 4.78 is 25.2. The Kier molecular flexibility index (Phi) is 3.74. The van der Waals surface area contributed by atoms with Gasteiger partial charge in [0.1, 0.15) is 11.6 Å². The molecular formula is C9H5ClF2N2O2. The number of halogens is 3. The van der Waals surface area contributed by atoms with Gasteiger partial charge >= 0.3 is 5.97 Å². The summed E-state index contributed by atoms with van der Waals surface area (Å²) >= 11 is 5.40. The topological polar surface area (TPSA) is 74.0 Å². The van der Waals surface area contributed by atoms with Crippen LogP contribution in [0.2, 0.25) is 0 Å². The molecule has 0 aliphatic heterocycles. The summed E-state index contributed by atoms with van der Waals surface area (Å²) in [5.74, 6) is -1.78. The lowest BCUT2D eigenvalue weighted by molar-refractivity contribution is 0.0683. The van der Waals surface area contributed by atoms with Crippen LogP contribution in [0.5, 0.6) is 0 Å². The molecule has 0 saturated heterocycles. The van der Waals surface area contributed by atoms with Crippen LogP contribution in [0.15, 0.2) is 6.07 Å². The Morgan fingerprint density at radius 1 is 1.69 bits per heavy atom. The van der Waals surface area contributed by atoms with Crippen LogP contribution in [-0.4, -0.2) is 16.1 Å². The Morgan fingerprint density at radius 2 is 2.31 bits per heavy atom. The van der Waals surface area contributed by atoms with Crippen LogP contribution >= 0.6 is 11.6 Å². The molecule has 84 valence electrons. The number of rotatable bonds is 3. The SMILES string of the molecule is N#Cc1nc(CCl)cc(C(F)F)c1C(=O)O. The average Bonchev–Trinajstić information content (AvgIpc) is 2.26. The molecule has 0 radical (unpaired) electrons. The summed E-state index contributed by atoms with van der Waals surface area (Å²) in [7, 11) is 0. The quantitative estimate of drug-likeness (QED) is 0.831. The highest BCUT2D eigenvalue weighted by Gasteiger charge is 2.23. The Morgan fingerprint density at radius 3 is 2.69 bits per heavy atom. The van der Waals surface area contributed by atoms with Crippen molar-refractivity contribution in [1.82, 2.24) is 4.98 Å². The molecule has 1 rings (SSSR count). The first-order valence-electron chi connectivity index (χ1n) is 4.02. The van der Waals surface area contributed by atoms with Crippen molar-refractivity contribution in [3.63, 3.8) is 0 Å². The zero-order valence-electron chi connectivity index (χ0n) is 7.75. The Balaban J connectivity index is 3.55. The molecule has 0 bridgehead atoms. The van der Waals surface area contributed by atoms with Crippen molar-refractivity contribution in [1.29, 1.82) is 5.26 Å². The molecule has 1 aromatic rings. The van der Waals surface area contributed by atoms with E-state index in [0.29, 0.717) is 0 Å². The van der Waals surface area contributed by atoms with Crippen LogP contribution in [-0.2, 0) is 5.88 Å². The van der Waals surface area contributed by atoms with Crippen molar-refractivity contribution in [2.75, 3.05) is 0 Å². The van der Waals surface area contributed by atoms with Gasteiger partial charge < -0.3 is 5.11 Å². The minimum atomic E-state index is -3.00. The van der Waals surface area contributed by atoms with E-state index in [2.05, 4.69) is 4.98 Å². The molecule has 1 N–H and O–H groups in total. The van der Waals surface area contributed by atoms with E-state index in [0.717, 1.165) is 6.07 Å². The van der Waals surface area contributed by atoms with Gasteiger partial charge in [0.25, 0.3) is 6.43 Å². The van der Waals surface area contributed by atoms with Crippen molar-refractivity contribution in [3.8, 4) is 6.07 Å². The standard InChI is InChI=1S/C9H5ClF2N2O2/c10-2-4-1-5(8(11)12)7(9(15)16)6(3-13)14-4/h1,8H,2H2,(H,15,16). The van der Waals surface area contributed by atoms with E-state index >= 15 is 0 Å². The van der Waals surface area contributed by atoms with Crippen LogP contribution < -0.4 is 0 Å². The fourth-order valence-electron chi connectivity index (χ4n) is 1.17. The summed E-state index contributed by atoms with van der Waals surface area (Å²) in [6.45, 7) is 0. The lowest BCUT2D eigenvalue weighted by Gasteiger charge is -2.07. The smallest absolute Gasteiger partial charge is 0.339 e. The second-order valence-corrected chi connectivity index (χ2v) is 3.04. The van der Waals surface area contributed by atoms with Gasteiger partial charge in [-0.25, -0.2) is 18.6 Å². The number of aromatic carboxylic acids is 1. The zero-order valence-corrected chi connectivity index (χ0v) is 8.50. The number of hydrogen-bond acceptors (Lipinski definition) is 3. The van der Waals surface area contributed by atoms with Crippen LogP contribution in [0.1, 0.15) is 33.7 Å². The highest BCUT2D eigenvalue weighted by molar-refractivity contribution is 6.16. The van der Waals surface area contributed by atoms with E-state index in [1.54, 1.807) is 0 Å². The Labute approximate surface area is 94.1 Å². The monoisotopic (exact) mass is 246 g/mol. The van der Waals surface area contributed by atoms with Crippen molar-refractivity contribution in [3.05, 3.63) is 28.6 Å². The van der Waals surface area contributed by atoms with Gasteiger partial charge in [0.2, 0.25) is 0 Å². The molecule has 0 saturated carbocycles. The molecular weight excluding hydrogens is 242 g/mol. The van der Waals surface area contributed by atoms with Gasteiger partial charge in [-0.3, -0.25) is 0 Å². The maximum atomic E-state index is 12.6. The van der Waals surface area contributed by atoms with Crippen LogP contribution in [0.3, 0.4) is 0 Å². The molecule has 1 heterocycles. The number of carboxylic acids is 1. The summed E-state index contributed by atoms with van der Waals surface area (Å²) in [6.07, 6.45) is -3.00. The van der Waals surface area contributed by atoms with Gasteiger partial charge in [-0.1, -0.05) is 0 Å².